The zero-order valence-corrected chi connectivity index (χ0v) is 25.7. The average molecular weight is 653 g/mol. The highest BCUT2D eigenvalue weighted by Gasteiger charge is 2.42. The van der Waals surface area contributed by atoms with Crippen LogP contribution in [-0.4, -0.2) is 104 Å². The van der Waals surface area contributed by atoms with Crippen molar-refractivity contribution in [2.24, 2.45) is 11.5 Å². The number of nitrogens with zero attached hydrogens (tertiary/aromatic N) is 2. The first kappa shape index (κ1) is 34.7. The van der Waals surface area contributed by atoms with Crippen LogP contribution in [0.15, 0.2) is 48.5 Å². The number of hydrogen-bond acceptors (Lipinski definition) is 9. The summed E-state index contributed by atoms with van der Waals surface area (Å²) in [4.78, 5) is 80.1. The summed E-state index contributed by atoms with van der Waals surface area (Å²) < 4.78 is 0. The third-order valence-electron chi connectivity index (χ3n) is 8.40. The zero-order valence-electron chi connectivity index (χ0n) is 25.7. The number of phenolic OH excluding ortho intramolecular Hbond substituents is 2. The van der Waals surface area contributed by atoms with Gasteiger partial charge in [-0.1, -0.05) is 24.3 Å². The molecule has 15 nitrogen and oxygen atoms in total. The molecule has 0 spiro atoms. The molecule has 47 heavy (non-hydrogen) atoms. The maximum Gasteiger partial charge on any atom is 0.326 e. The van der Waals surface area contributed by atoms with E-state index >= 15 is 0 Å². The number of amides is 5. The summed E-state index contributed by atoms with van der Waals surface area (Å²) in [6.07, 6.45) is 0.987. The Hall–Kier alpha value is -5.18. The number of aliphatic carboxylic acids is 1. The molecule has 2 saturated heterocycles. The average Bonchev–Trinajstić information content (AvgIpc) is 3.72. The van der Waals surface area contributed by atoms with Crippen LogP contribution in [0, 0.1) is 0 Å². The van der Waals surface area contributed by atoms with Crippen molar-refractivity contribution in [3.05, 3.63) is 59.7 Å². The van der Waals surface area contributed by atoms with Gasteiger partial charge in [-0.3, -0.25) is 24.0 Å². The highest BCUT2D eigenvalue weighted by Crippen LogP contribution is 2.23. The van der Waals surface area contributed by atoms with Crippen molar-refractivity contribution in [2.75, 3.05) is 13.1 Å². The fourth-order valence-corrected chi connectivity index (χ4v) is 6.00. The van der Waals surface area contributed by atoms with E-state index in [-0.39, 0.29) is 43.9 Å². The fourth-order valence-electron chi connectivity index (χ4n) is 6.00. The number of nitrogens with one attached hydrogen (secondary N) is 2. The molecule has 5 amide bonds. The zero-order chi connectivity index (χ0) is 34.2. The summed E-state index contributed by atoms with van der Waals surface area (Å²) >= 11 is 0. The predicted molar refractivity (Wildman–Crippen MR) is 166 cm³/mol. The van der Waals surface area contributed by atoms with Crippen LogP contribution in [0.5, 0.6) is 11.5 Å². The number of aromatic hydroxyl groups is 2. The third kappa shape index (κ3) is 8.97. The molecule has 0 aromatic heterocycles. The molecule has 0 unspecified atom stereocenters. The maximum atomic E-state index is 13.7. The smallest absolute Gasteiger partial charge is 0.326 e. The molecule has 252 valence electrons. The number of carbonyl (C=O) groups is 6. The summed E-state index contributed by atoms with van der Waals surface area (Å²) in [6, 6.07) is 6.36. The first-order valence-corrected chi connectivity index (χ1v) is 15.4. The van der Waals surface area contributed by atoms with E-state index in [4.69, 9.17) is 11.5 Å². The second-order valence-corrected chi connectivity index (χ2v) is 11.9. The lowest BCUT2D eigenvalue weighted by molar-refractivity contribution is -0.146. The molecule has 0 bridgehead atoms. The molecule has 2 aromatic rings. The first-order valence-electron chi connectivity index (χ1n) is 15.4. The molecule has 15 heteroatoms. The minimum atomic E-state index is -1.43. The summed E-state index contributed by atoms with van der Waals surface area (Å²) in [5.41, 5.74) is 12.9. The normalized spacial score (nSPS) is 19.4. The van der Waals surface area contributed by atoms with Crippen molar-refractivity contribution >= 4 is 35.5 Å². The maximum absolute atomic E-state index is 13.7. The van der Waals surface area contributed by atoms with Gasteiger partial charge in [0, 0.05) is 19.5 Å². The van der Waals surface area contributed by atoms with Crippen molar-refractivity contribution in [1.29, 1.82) is 0 Å². The van der Waals surface area contributed by atoms with Crippen molar-refractivity contribution in [2.45, 2.75) is 75.2 Å². The lowest BCUT2D eigenvalue weighted by Crippen LogP contribution is -2.58. The first-order chi connectivity index (χ1) is 22.3. The summed E-state index contributed by atoms with van der Waals surface area (Å²) in [5, 5.41) is 33.8. The van der Waals surface area contributed by atoms with Crippen LogP contribution in [0.3, 0.4) is 0 Å². The highest BCUT2D eigenvalue weighted by molar-refractivity contribution is 5.97. The molecule has 0 saturated carbocycles. The molecule has 2 heterocycles. The van der Waals surface area contributed by atoms with Crippen LogP contribution >= 0.6 is 0 Å². The van der Waals surface area contributed by atoms with Gasteiger partial charge in [0.2, 0.25) is 29.5 Å². The largest absolute Gasteiger partial charge is 0.508 e. The Balaban J connectivity index is 1.42. The number of hydrogen-bond donors (Lipinski definition) is 7. The van der Waals surface area contributed by atoms with Crippen molar-refractivity contribution in [3.8, 4) is 11.5 Å². The van der Waals surface area contributed by atoms with Gasteiger partial charge in [-0.2, -0.15) is 0 Å². The standard InChI is InChI=1S/C32H40N6O9/c33-22(15-18-5-9-20(39)10-6-18)30(44)37-13-1-3-25(37)28(42)35-23(17-27(34)41)31(45)38-14-2-4-26(38)29(43)36-24(32(46)47)16-19-7-11-21(40)12-8-19/h5-12,22-26,39-40H,1-4,13-17,33H2,(H2,34,41)(H,35,42)(H,36,43)(H,46,47)/t22-,23-,24-,25-,26-/m0/s1. The van der Waals surface area contributed by atoms with Gasteiger partial charge in [0.1, 0.15) is 35.7 Å². The minimum Gasteiger partial charge on any atom is -0.508 e. The summed E-state index contributed by atoms with van der Waals surface area (Å²) in [5.74, 6) is -4.68. The van der Waals surface area contributed by atoms with Crippen LogP contribution in [0.4, 0.5) is 0 Å². The minimum absolute atomic E-state index is 0.00352. The molecule has 2 aliphatic heterocycles. The summed E-state index contributed by atoms with van der Waals surface area (Å²) in [7, 11) is 0. The van der Waals surface area contributed by atoms with Gasteiger partial charge in [-0.05, 0) is 67.5 Å². The van der Waals surface area contributed by atoms with Crippen LogP contribution in [0.25, 0.3) is 0 Å². The topological polar surface area (TPSA) is 246 Å². The molecule has 9 N–H and O–H groups in total. The van der Waals surface area contributed by atoms with Gasteiger partial charge < -0.3 is 47.2 Å². The second kappa shape index (κ2) is 15.4. The van der Waals surface area contributed by atoms with Crippen molar-refractivity contribution < 1.29 is 44.1 Å². The Morgan fingerprint density at radius 3 is 1.64 bits per heavy atom. The lowest BCUT2D eigenvalue weighted by atomic mass is 10.0. The van der Waals surface area contributed by atoms with Gasteiger partial charge in [0.25, 0.3) is 0 Å². The van der Waals surface area contributed by atoms with E-state index in [0.717, 1.165) is 5.56 Å². The number of benzene rings is 2. The van der Waals surface area contributed by atoms with E-state index < -0.39 is 72.1 Å². The van der Waals surface area contributed by atoms with Crippen LogP contribution < -0.4 is 22.1 Å². The number of carboxylic acid groups (broad SMARTS) is 1. The van der Waals surface area contributed by atoms with E-state index in [0.29, 0.717) is 24.8 Å². The monoisotopic (exact) mass is 652 g/mol. The van der Waals surface area contributed by atoms with E-state index in [1.165, 1.54) is 46.2 Å². The molecule has 0 aliphatic carbocycles. The Kier molecular flexibility index (Phi) is 11.4. The lowest BCUT2D eigenvalue weighted by Gasteiger charge is -2.31. The SMILES string of the molecule is NC(=O)C[C@H](NC(=O)[C@@H]1CCCN1C(=O)[C@@H](N)Cc1ccc(O)cc1)C(=O)N1CCC[C@H]1C(=O)N[C@@H](Cc1ccc(O)cc1)C(=O)O. The number of phenols is 2. The Morgan fingerprint density at radius 2 is 1.17 bits per heavy atom. The highest BCUT2D eigenvalue weighted by atomic mass is 16.4. The molecule has 2 fully saturated rings. The number of nitrogens with two attached hydrogens (primary N) is 2. The van der Waals surface area contributed by atoms with Crippen LogP contribution in [-0.2, 0) is 41.6 Å². The molecule has 2 aromatic carbocycles. The van der Waals surface area contributed by atoms with Crippen LogP contribution in [0.2, 0.25) is 0 Å². The number of carboxylic acids is 1. The second-order valence-electron chi connectivity index (χ2n) is 11.9. The number of likely N-dealkylation sites (tertiary alicyclic amines) is 2. The number of carbonyl (C=O) groups excluding carboxylic acids is 5. The van der Waals surface area contributed by atoms with E-state index in [1.54, 1.807) is 12.1 Å². The Bertz CT molecular complexity index is 1480. The number of primary amides is 1. The van der Waals surface area contributed by atoms with Crippen molar-refractivity contribution in [3.63, 3.8) is 0 Å². The van der Waals surface area contributed by atoms with Crippen molar-refractivity contribution in [1.82, 2.24) is 20.4 Å². The Labute approximate surface area is 270 Å². The molecule has 4 rings (SSSR count). The molecule has 2 aliphatic rings. The van der Waals surface area contributed by atoms with Crippen LogP contribution in [0.1, 0.15) is 43.2 Å². The molecular formula is C32H40N6O9. The third-order valence-corrected chi connectivity index (χ3v) is 8.40. The predicted octanol–water partition coefficient (Wildman–Crippen LogP) is -0.878. The number of rotatable bonds is 13. The van der Waals surface area contributed by atoms with E-state index in [1.807, 2.05) is 0 Å². The Morgan fingerprint density at radius 1 is 0.723 bits per heavy atom. The van der Waals surface area contributed by atoms with Gasteiger partial charge in [0.15, 0.2) is 0 Å². The van der Waals surface area contributed by atoms with Gasteiger partial charge in [-0.15, -0.1) is 0 Å². The quantitative estimate of drug-likeness (QED) is 0.141. The molecule has 5 atom stereocenters. The summed E-state index contributed by atoms with van der Waals surface area (Å²) in [6.45, 7) is 0.385. The van der Waals surface area contributed by atoms with Gasteiger partial charge in [-0.25, -0.2) is 4.79 Å². The van der Waals surface area contributed by atoms with E-state index in [2.05, 4.69) is 10.6 Å². The molecule has 0 radical (unpaired) electrons. The van der Waals surface area contributed by atoms with Gasteiger partial charge in [0.05, 0.1) is 12.5 Å². The van der Waals surface area contributed by atoms with Gasteiger partial charge >= 0.3 is 5.97 Å². The van der Waals surface area contributed by atoms with E-state index in [9.17, 15) is 44.1 Å². The molecular weight excluding hydrogens is 612 g/mol. The fraction of sp³-hybridized carbons (Fsp3) is 0.438.